The Morgan fingerprint density at radius 3 is 2.73 bits per heavy atom. The maximum atomic E-state index is 12.6. The van der Waals surface area contributed by atoms with E-state index in [1.807, 2.05) is 32.0 Å². The topological polar surface area (TPSA) is 110 Å². The molecule has 3 aromatic heterocycles. The van der Waals surface area contributed by atoms with Crippen molar-refractivity contribution in [1.29, 1.82) is 0 Å². The molecule has 8 nitrogen and oxygen atoms in total. The molecule has 0 radical (unpaired) electrons. The van der Waals surface area contributed by atoms with Gasteiger partial charge < -0.3 is 5.32 Å². The van der Waals surface area contributed by atoms with E-state index >= 15 is 0 Å². The molecule has 0 saturated carbocycles. The van der Waals surface area contributed by atoms with Gasteiger partial charge >= 0.3 is 0 Å². The molecule has 3 heterocycles. The number of hydrogen-bond acceptors (Lipinski definition) is 8. The smallest absolute Gasteiger partial charge is 0.293 e. The molecule has 2 N–H and O–H groups in total. The predicted molar refractivity (Wildman–Crippen MR) is 120 cm³/mol. The Morgan fingerprint density at radius 2 is 2.03 bits per heavy atom. The van der Waals surface area contributed by atoms with Crippen molar-refractivity contribution in [2.45, 2.75) is 19.9 Å². The fourth-order valence-electron chi connectivity index (χ4n) is 2.96. The maximum absolute atomic E-state index is 12.6. The maximum Gasteiger partial charge on any atom is 0.293 e. The third kappa shape index (κ3) is 4.14. The molecular formula is C20H17N5O3S2. The number of nitro groups is 1. The van der Waals surface area contributed by atoms with Crippen molar-refractivity contribution in [2.24, 2.45) is 0 Å². The summed E-state index contributed by atoms with van der Waals surface area (Å²) in [6.45, 7) is 3.86. The number of rotatable bonds is 6. The zero-order valence-corrected chi connectivity index (χ0v) is 17.7. The Bertz CT molecular complexity index is 1200. The standard InChI is InChI=1S/C20H17N5O3S2/c1-11-9-17-19(29-11)24-20(30-17)23-18(26)13-6-7-15(16(10-13)25(27)28)22-12(2)14-5-3-4-8-21-14/h3-10,12,22H,1-2H3,(H,23,24,26). The largest absolute Gasteiger partial charge is 0.371 e. The number of amides is 1. The van der Waals surface area contributed by atoms with E-state index in [2.05, 4.69) is 20.6 Å². The van der Waals surface area contributed by atoms with Crippen LogP contribution in [-0.4, -0.2) is 20.8 Å². The Labute approximate surface area is 179 Å². The molecule has 1 unspecified atom stereocenters. The van der Waals surface area contributed by atoms with E-state index in [4.69, 9.17) is 0 Å². The average Bonchev–Trinajstić information content (AvgIpc) is 3.25. The van der Waals surface area contributed by atoms with Gasteiger partial charge in [-0.05, 0) is 44.2 Å². The lowest BCUT2D eigenvalue weighted by molar-refractivity contribution is -0.384. The third-order valence-electron chi connectivity index (χ3n) is 4.39. The first kappa shape index (κ1) is 19.9. The van der Waals surface area contributed by atoms with Crippen LogP contribution in [0, 0.1) is 17.0 Å². The molecule has 30 heavy (non-hydrogen) atoms. The van der Waals surface area contributed by atoms with Gasteiger partial charge in [0.15, 0.2) is 5.13 Å². The number of fused-ring (bicyclic) bond motifs is 1. The molecule has 10 heteroatoms. The number of anilines is 2. The van der Waals surface area contributed by atoms with Gasteiger partial charge in [-0.1, -0.05) is 17.4 Å². The second kappa shape index (κ2) is 8.17. The molecule has 0 aliphatic rings. The van der Waals surface area contributed by atoms with E-state index in [1.54, 1.807) is 29.7 Å². The first-order chi connectivity index (χ1) is 14.4. The van der Waals surface area contributed by atoms with E-state index in [9.17, 15) is 14.9 Å². The summed E-state index contributed by atoms with van der Waals surface area (Å²) in [6, 6.07) is 11.6. The van der Waals surface area contributed by atoms with Crippen LogP contribution in [0.25, 0.3) is 9.53 Å². The number of aryl methyl sites for hydroxylation is 1. The number of nitrogens with zero attached hydrogens (tertiary/aromatic N) is 3. The van der Waals surface area contributed by atoms with Crippen molar-refractivity contribution in [1.82, 2.24) is 9.97 Å². The molecule has 1 aromatic carbocycles. The monoisotopic (exact) mass is 439 g/mol. The Hall–Kier alpha value is -3.37. The minimum absolute atomic E-state index is 0.179. The number of benzene rings is 1. The number of thiophene rings is 1. The van der Waals surface area contributed by atoms with Crippen LogP contribution >= 0.6 is 22.7 Å². The first-order valence-corrected chi connectivity index (χ1v) is 10.7. The Morgan fingerprint density at radius 1 is 1.20 bits per heavy atom. The molecule has 0 fully saturated rings. The summed E-state index contributed by atoms with van der Waals surface area (Å²) in [5.41, 5.74) is 1.08. The number of nitro benzene ring substituents is 1. The summed E-state index contributed by atoms with van der Waals surface area (Å²) >= 11 is 2.93. The van der Waals surface area contributed by atoms with Crippen molar-refractivity contribution in [3.05, 3.63) is 74.9 Å². The Balaban J connectivity index is 1.55. The van der Waals surface area contributed by atoms with Gasteiger partial charge in [-0.3, -0.25) is 25.2 Å². The minimum Gasteiger partial charge on any atom is -0.371 e. The van der Waals surface area contributed by atoms with Crippen molar-refractivity contribution >= 4 is 54.6 Å². The molecule has 0 aliphatic carbocycles. The number of carbonyl (C=O) groups excluding carboxylic acids is 1. The van der Waals surface area contributed by atoms with E-state index in [-0.39, 0.29) is 17.3 Å². The zero-order chi connectivity index (χ0) is 21.3. The highest BCUT2D eigenvalue weighted by Crippen LogP contribution is 2.33. The number of hydrogen-bond donors (Lipinski definition) is 2. The van der Waals surface area contributed by atoms with E-state index in [1.165, 1.54) is 23.5 Å². The van der Waals surface area contributed by atoms with Gasteiger partial charge in [-0.25, -0.2) is 4.98 Å². The van der Waals surface area contributed by atoms with Gasteiger partial charge in [0.1, 0.15) is 10.5 Å². The quantitative estimate of drug-likeness (QED) is 0.308. The van der Waals surface area contributed by atoms with Gasteiger partial charge in [0.2, 0.25) is 0 Å². The van der Waals surface area contributed by atoms with E-state index in [0.29, 0.717) is 10.8 Å². The molecule has 0 spiro atoms. The fourth-order valence-corrected chi connectivity index (χ4v) is 4.98. The Kier molecular flexibility index (Phi) is 5.42. The summed E-state index contributed by atoms with van der Waals surface area (Å²) < 4.78 is 1.00. The molecule has 1 atom stereocenters. The molecule has 1 amide bonds. The first-order valence-electron chi connectivity index (χ1n) is 9.05. The molecular weight excluding hydrogens is 422 g/mol. The lowest BCUT2D eigenvalue weighted by Gasteiger charge is -2.15. The van der Waals surface area contributed by atoms with Gasteiger partial charge in [-0.15, -0.1) is 11.3 Å². The zero-order valence-electron chi connectivity index (χ0n) is 16.1. The molecule has 0 bridgehead atoms. The van der Waals surface area contributed by atoms with Gasteiger partial charge in [0.25, 0.3) is 11.6 Å². The van der Waals surface area contributed by atoms with Crippen molar-refractivity contribution < 1.29 is 9.72 Å². The number of carbonyl (C=O) groups is 1. The van der Waals surface area contributed by atoms with Crippen LogP contribution in [0.1, 0.15) is 33.9 Å². The molecule has 152 valence electrons. The molecule has 4 aromatic rings. The average molecular weight is 440 g/mol. The number of nitrogens with one attached hydrogen (secondary N) is 2. The second-order valence-electron chi connectivity index (χ2n) is 6.61. The van der Waals surface area contributed by atoms with E-state index in [0.717, 1.165) is 20.1 Å². The SMILES string of the molecule is Cc1cc2sc(NC(=O)c3ccc(NC(C)c4ccccn4)c([N+](=O)[O-])c3)nc2s1. The molecule has 0 saturated heterocycles. The van der Waals surface area contributed by atoms with E-state index < -0.39 is 10.8 Å². The minimum atomic E-state index is -0.508. The fraction of sp³-hybridized carbons (Fsp3) is 0.150. The highest BCUT2D eigenvalue weighted by molar-refractivity contribution is 7.29. The van der Waals surface area contributed by atoms with Crippen LogP contribution in [0.5, 0.6) is 0 Å². The number of pyridine rings is 1. The van der Waals surface area contributed by atoms with Crippen molar-refractivity contribution in [3.8, 4) is 0 Å². The van der Waals surface area contributed by atoms with Gasteiger partial charge in [-0.2, -0.15) is 0 Å². The number of aromatic nitrogens is 2. The van der Waals surface area contributed by atoms with Crippen LogP contribution in [-0.2, 0) is 0 Å². The normalized spacial score (nSPS) is 11.9. The van der Waals surface area contributed by atoms with Crippen LogP contribution in [0.4, 0.5) is 16.5 Å². The van der Waals surface area contributed by atoms with Gasteiger partial charge in [0.05, 0.1) is 21.4 Å². The summed E-state index contributed by atoms with van der Waals surface area (Å²) in [7, 11) is 0. The lowest BCUT2D eigenvalue weighted by atomic mass is 10.1. The van der Waals surface area contributed by atoms with Crippen LogP contribution in [0.2, 0.25) is 0 Å². The highest BCUT2D eigenvalue weighted by Gasteiger charge is 2.20. The summed E-state index contributed by atoms with van der Waals surface area (Å²) in [5.74, 6) is -0.444. The summed E-state index contributed by atoms with van der Waals surface area (Å²) in [6.07, 6.45) is 1.67. The van der Waals surface area contributed by atoms with Gasteiger partial charge in [0, 0.05) is 22.7 Å². The van der Waals surface area contributed by atoms with Crippen LogP contribution < -0.4 is 10.6 Å². The second-order valence-corrected chi connectivity index (χ2v) is 8.87. The molecule has 4 rings (SSSR count). The van der Waals surface area contributed by atoms with Crippen molar-refractivity contribution in [3.63, 3.8) is 0 Å². The van der Waals surface area contributed by atoms with Crippen LogP contribution in [0.15, 0.2) is 48.7 Å². The third-order valence-corrected chi connectivity index (χ3v) is 6.38. The predicted octanol–water partition coefficient (Wildman–Crippen LogP) is 5.39. The lowest BCUT2D eigenvalue weighted by Crippen LogP contribution is -2.13. The van der Waals surface area contributed by atoms with Crippen LogP contribution in [0.3, 0.4) is 0 Å². The summed E-state index contributed by atoms with van der Waals surface area (Å²) in [4.78, 5) is 34.4. The molecule has 0 aliphatic heterocycles. The van der Waals surface area contributed by atoms with Crippen molar-refractivity contribution in [2.75, 3.05) is 10.6 Å². The highest BCUT2D eigenvalue weighted by atomic mass is 32.1. The summed E-state index contributed by atoms with van der Waals surface area (Å²) in [5, 5.41) is 17.9. The number of thiazole rings is 1.